The Morgan fingerprint density at radius 3 is 2.53 bits per heavy atom. The topological polar surface area (TPSA) is 55.8 Å². The summed E-state index contributed by atoms with van der Waals surface area (Å²) in [5.41, 5.74) is 0.655. The Morgan fingerprint density at radius 2 is 2.00 bits per heavy atom. The molecule has 1 aliphatic heterocycles. The molecule has 0 radical (unpaired) electrons. The lowest BCUT2D eigenvalue weighted by molar-refractivity contribution is 0.0402. The number of benzene rings is 1. The molecule has 1 fully saturated rings. The zero-order valence-corrected chi connectivity index (χ0v) is 7.92. The molecule has 1 aromatic carbocycles. The normalized spacial score (nSPS) is 22.1. The Balaban J connectivity index is 2.18. The van der Waals surface area contributed by atoms with Gasteiger partial charge in [-0.05, 0) is 5.56 Å². The second-order valence-electron chi connectivity index (χ2n) is 3.21. The summed E-state index contributed by atoms with van der Waals surface area (Å²) in [6.07, 6.45) is -2.58. The molecule has 4 heteroatoms. The zero-order chi connectivity index (χ0) is 10.8. The van der Waals surface area contributed by atoms with Crippen LogP contribution in [0.1, 0.15) is 11.7 Å². The van der Waals surface area contributed by atoms with E-state index in [2.05, 4.69) is 11.3 Å². The van der Waals surface area contributed by atoms with Gasteiger partial charge >= 0.3 is 6.16 Å². The van der Waals surface area contributed by atoms with Gasteiger partial charge in [0.05, 0.1) is 0 Å². The van der Waals surface area contributed by atoms with E-state index in [1.807, 2.05) is 6.07 Å². The third kappa shape index (κ3) is 1.85. The summed E-state index contributed by atoms with van der Waals surface area (Å²) in [6.45, 7) is 3.50. The first-order valence-electron chi connectivity index (χ1n) is 4.49. The largest absolute Gasteiger partial charge is 0.514 e. The minimum Gasteiger partial charge on any atom is -0.419 e. The lowest BCUT2D eigenvalue weighted by atomic mass is 10.0. The van der Waals surface area contributed by atoms with Crippen LogP contribution in [0, 0.1) is 0 Å². The Hall–Kier alpha value is -1.81. The van der Waals surface area contributed by atoms with Crippen LogP contribution in [0.25, 0.3) is 0 Å². The molecule has 1 aliphatic rings. The molecule has 78 valence electrons. The van der Waals surface area contributed by atoms with Crippen LogP contribution >= 0.6 is 0 Å². The van der Waals surface area contributed by atoms with E-state index in [0.29, 0.717) is 5.56 Å². The molecule has 0 aliphatic carbocycles. The van der Waals surface area contributed by atoms with Crippen LogP contribution in [0.3, 0.4) is 0 Å². The van der Waals surface area contributed by atoms with E-state index in [1.165, 1.54) is 0 Å². The maximum atomic E-state index is 10.8. The van der Waals surface area contributed by atoms with Gasteiger partial charge in [0.1, 0.15) is 11.9 Å². The maximum Gasteiger partial charge on any atom is 0.514 e. The highest BCUT2D eigenvalue weighted by Crippen LogP contribution is 2.29. The molecule has 15 heavy (non-hydrogen) atoms. The van der Waals surface area contributed by atoms with Gasteiger partial charge in [0.25, 0.3) is 0 Å². The van der Waals surface area contributed by atoms with Crippen molar-refractivity contribution in [1.29, 1.82) is 0 Å². The van der Waals surface area contributed by atoms with E-state index < -0.39 is 18.4 Å². The predicted molar refractivity (Wildman–Crippen MR) is 51.9 cm³/mol. The summed E-state index contributed by atoms with van der Waals surface area (Å²) in [5, 5.41) is 9.89. The summed E-state index contributed by atoms with van der Waals surface area (Å²) in [7, 11) is 0. The maximum absolute atomic E-state index is 10.8. The van der Waals surface area contributed by atoms with Crippen molar-refractivity contribution in [2.45, 2.75) is 12.2 Å². The van der Waals surface area contributed by atoms with Crippen molar-refractivity contribution < 1.29 is 19.4 Å². The van der Waals surface area contributed by atoms with Crippen molar-refractivity contribution in [2.75, 3.05) is 0 Å². The van der Waals surface area contributed by atoms with Crippen LogP contribution in [-0.2, 0) is 9.47 Å². The van der Waals surface area contributed by atoms with Gasteiger partial charge in [-0.2, -0.15) is 0 Å². The average molecular weight is 206 g/mol. The minimum absolute atomic E-state index is 0.136. The van der Waals surface area contributed by atoms with Crippen molar-refractivity contribution in [2.24, 2.45) is 0 Å². The van der Waals surface area contributed by atoms with Gasteiger partial charge in [-0.1, -0.05) is 36.9 Å². The van der Waals surface area contributed by atoms with Crippen LogP contribution in [-0.4, -0.2) is 17.4 Å². The second-order valence-corrected chi connectivity index (χ2v) is 3.21. The number of ether oxygens (including phenoxy) is 2. The molecule has 0 unspecified atom stereocenters. The summed E-state index contributed by atoms with van der Waals surface area (Å²) in [6, 6.07) is 8.90. The summed E-state index contributed by atoms with van der Waals surface area (Å²) in [5.74, 6) is 0.136. The van der Waals surface area contributed by atoms with Gasteiger partial charge in [-0.15, -0.1) is 0 Å². The van der Waals surface area contributed by atoms with E-state index >= 15 is 0 Å². The molecule has 0 bridgehead atoms. The fraction of sp³-hybridized carbons (Fsp3) is 0.182. The van der Waals surface area contributed by atoms with Crippen LogP contribution in [0.5, 0.6) is 0 Å². The molecule has 2 atom stereocenters. The SMILES string of the molecule is C=C1OC(=O)O[C@@H]1[C@@H](O)c1ccccc1. The van der Waals surface area contributed by atoms with E-state index in [-0.39, 0.29) is 5.76 Å². The van der Waals surface area contributed by atoms with Gasteiger partial charge in [-0.3, -0.25) is 0 Å². The van der Waals surface area contributed by atoms with Gasteiger partial charge in [0.2, 0.25) is 0 Å². The van der Waals surface area contributed by atoms with E-state index in [0.717, 1.165) is 0 Å². The quantitative estimate of drug-likeness (QED) is 0.749. The Morgan fingerprint density at radius 1 is 1.33 bits per heavy atom. The highest BCUT2D eigenvalue weighted by molar-refractivity contribution is 5.65. The molecule has 0 spiro atoms. The van der Waals surface area contributed by atoms with Crippen LogP contribution in [0.4, 0.5) is 4.79 Å². The number of carbonyl (C=O) groups excluding carboxylic acids is 1. The standard InChI is InChI=1S/C11H10O4/c1-7-10(15-11(13)14-7)9(12)8-5-3-2-4-6-8/h2-6,9-10,12H,1H2/t9-,10-/m0/s1. The average Bonchev–Trinajstić information content (AvgIpc) is 2.58. The van der Waals surface area contributed by atoms with Crippen molar-refractivity contribution >= 4 is 6.16 Å². The summed E-state index contributed by atoms with van der Waals surface area (Å²) >= 11 is 0. The van der Waals surface area contributed by atoms with Crippen LogP contribution in [0.15, 0.2) is 42.7 Å². The lowest BCUT2D eigenvalue weighted by Gasteiger charge is -2.15. The smallest absolute Gasteiger partial charge is 0.419 e. The van der Waals surface area contributed by atoms with Gasteiger partial charge < -0.3 is 14.6 Å². The van der Waals surface area contributed by atoms with E-state index in [4.69, 9.17) is 4.74 Å². The van der Waals surface area contributed by atoms with Gasteiger partial charge in [0.15, 0.2) is 6.10 Å². The first-order valence-corrected chi connectivity index (χ1v) is 4.49. The number of hydrogen-bond donors (Lipinski definition) is 1. The fourth-order valence-electron chi connectivity index (χ4n) is 1.42. The number of rotatable bonds is 2. The molecule has 0 amide bonds. The molecule has 1 heterocycles. The molecule has 0 saturated carbocycles. The highest BCUT2D eigenvalue weighted by atomic mass is 16.8. The summed E-state index contributed by atoms with van der Waals surface area (Å²) in [4.78, 5) is 10.8. The molecule has 2 rings (SSSR count). The number of carbonyl (C=O) groups is 1. The molecule has 0 aromatic heterocycles. The highest BCUT2D eigenvalue weighted by Gasteiger charge is 2.36. The molecule has 1 N–H and O–H groups in total. The van der Waals surface area contributed by atoms with Gasteiger partial charge in [0, 0.05) is 0 Å². The Bertz CT molecular complexity index is 385. The molecule has 1 saturated heterocycles. The van der Waals surface area contributed by atoms with E-state index in [1.54, 1.807) is 24.3 Å². The first kappa shape index (κ1) is 9.73. The molecular formula is C11H10O4. The van der Waals surface area contributed by atoms with Crippen molar-refractivity contribution in [3.63, 3.8) is 0 Å². The third-order valence-corrected chi connectivity index (χ3v) is 2.18. The third-order valence-electron chi connectivity index (χ3n) is 2.18. The first-order chi connectivity index (χ1) is 7.18. The second kappa shape index (κ2) is 3.74. The molecular weight excluding hydrogens is 196 g/mol. The number of aliphatic hydroxyl groups excluding tert-OH is 1. The lowest BCUT2D eigenvalue weighted by Crippen LogP contribution is -2.19. The van der Waals surface area contributed by atoms with Crippen molar-refractivity contribution in [3.05, 3.63) is 48.2 Å². The van der Waals surface area contributed by atoms with Crippen LogP contribution < -0.4 is 0 Å². The van der Waals surface area contributed by atoms with Crippen molar-refractivity contribution in [1.82, 2.24) is 0 Å². The van der Waals surface area contributed by atoms with E-state index in [9.17, 15) is 9.90 Å². The molecule has 4 nitrogen and oxygen atoms in total. The van der Waals surface area contributed by atoms with Gasteiger partial charge in [-0.25, -0.2) is 4.79 Å². The Kier molecular flexibility index (Phi) is 2.43. The monoisotopic (exact) mass is 206 g/mol. The summed E-state index contributed by atoms with van der Waals surface area (Å²) < 4.78 is 9.38. The zero-order valence-electron chi connectivity index (χ0n) is 7.92. The number of cyclic esters (lactones) is 2. The fourth-order valence-corrected chi connectivity index (χ4v) is 1.42. The van der Waals surface area contributed by atoms with Crippen LogP contribution in [0.2, 0.25) is 0 Å². The minimum atomic E-state index is -0.940. The van der Waals surface area contributed by atoms with Crippen molar-refractivity contribution in [3.8, 4) is 0 Å². The number of hydrogen-bond acceptors (Lipinski definition) is 4. The molecule has 1 aromatic rings. The Labute approximate surface area is 86.7 Å². The number of aliphatic hydroxyl groups is 1. The predicted octanol–water partition coefficient (Wildman–Crippen LogP) is 1.77.